The summed E-state index contributed by atoms with van der Waals surface area (Å²) in [5.41, 5.74) is 0.945. The lowest BCUT2D eigenvalue weighted by Crippen LogP contribution is -2.23. The van der Waals surface area contributed by atoms with Gasteiger partial charge in [-0.2, -0.15) is 0 Å². The van der Waals surface area contributed by atoms with Crippen LogP contribution < -0.4 is 14.8 Å². The molecule has 0 radical (unpaired) electrons. The molecule has 2 rings (SSSR count). The van der Waals surface area contributed by atoms with Crippen molar-refractivity contribution in [3.05, 3.63) is 23.8 Å². The SMILES string of the molecule is CC(=O)CCC(=O)NCc1ccc2c(c1)OCCO2. The van der Waals surface area contributed by atoms with Crippen LogP contribution in [0.1, 0.15) is 25.3 Å². The van der Waals surface area contributed by atoms with Crippen molar-refractivity contribution in [3.63, 3.8) is 0 Å². The number of carbonyl (C=O) groups is 2. The van der Waals surface area contributed by atoms with Crippen LogP contribution in [0, 0.1) is 0 Å². The normalized spacial score (nSPS) is 12.9. The molecule has 1 N–H and O–H groups in total. The highest BCUT2D eigenvalue weighted by Gasteiger charge is 2.12. The summed E-state index contributed by atoms with van der Waals surface area (Å²) in [6, 6.07) is 5.59. The molecule has 0 saturated heterocycles. The molecule has 1 aromatic rings. The highest BCUT2D eigenvalue weighted by atomic mass is 16.6. The minimum atomic E-state index is -0.120. The maximum atomic E-state index is 11.5. The van der Waals surface area contributed by atoms with Gasteiger partial charge >= 0.3 is 0 Å². The second-order valence-electron chi connectivity index (χ2n) is 4.46. The zero-order chi connectivity index (χ0) is 13.7. The number of nitrogens with one attached hydrogen (secondary N) is 1. The summed E-state index contributed by atoms with van der Waals surface area (Å²) < 4.78 is 10.9. The van der Waals surface area contributed by atoms with E-state index >= 15 is 0 Å². The number of amides is 1. The lowest BCUT2D eigenvalue weighted by molar-refractivity contribution is -0.124. The van der Waals surface area contributed by atoms with E-state index < -0.39 is 0 Å². The van der Waals surface area contributed by atoms with Gasteiger partial charge in [-0.3, -0.25) is 4.79 Å². The first-order valence-electron chi connectivity index (χ1n) is 6.30. The average Bonchev–Trinajstić information content (AvgIpc) is 2.42. The standard InChI is InChI=1S/C14H17NO4/c1-10(16)2-5-14(17)15-9-11-3-4-12-13(8-11)19-7-6-18-12/h3-4,8H,2,5-7,9H2,1H3,(H,15,17). The predicted octanol–water partition coefficient (Wildman–Crippen LogP) is 1.44. The Morgan fingerprint density at radius 3 is 2.63 bits per heavy atom. The molecule has 0 fully saturated rings. The molecular weight excluding hydrogens is 246 g/mol. The van der Waals surface area contributed by atoms with Crippen LogP contribution in [0.5, 0.6) is 11.5 Å². The molecule has 1 heterocycles. The highest BCUT2D eigenvalue weighted by Crippen LogP contribution is 2.30. The third-order valence-corrected chi connectivity index (χ3v) is 2.80. The molecule has 19 heavy (non-hydrogen) atoms. The monoisotopic (exact) mass is 263 g/mol. The van der Waals surface area contributed by atoms with Gasteiger partial charge in [-0.05, 0) is 24.6 Å². The van der Waals surface area contributed by atoms with Crippen LogP contribution in [0.3, 0.4) is 0 Å². The van der Waals surface area contributed by atoms with Gasteiger partial charge in [-0.25, -0.2) is 0 Å². The van der Waals surface area contributed by atoms with Gasteiger partial charge in [0.1, 0.15) is 19.0 Å². The Bertz CT molecular complexity index is 484. The van der Waals surface area contributed by atoms with E-state index in [4.69, 9.17) is 9.47 Å². The van der Waals surface area contributed by atoms with Crippen molar-refractivity contribution >= 4 is 11.7 Å². The van der Waals surface area contributed by atoms with Gasteiger partial charge in [-0.15, -0.1) is 0 Å². The summed E-state index contributed by atoms with van der Waals surface area (Å²) in [6.45, 7) is 3.01. The second kappa shape index (κ2) is 6.22. The minimum Gasteiger partial charge on any atom is -0.486 e. The molecule has 0 spiro atoms. The van der Waals surface area contributed by atoms with Gasteiger partial charge in [-0.1, -0.05) is 6.07 Å². The van der Waals surface area contributed by atoms with E-state index in [0.717, 1.165) is 11.3 Å². The smallest absolute Gasteiger partial charge is 0.220 e. The van der Waals surface area contributed by atoms with E-state index in [-0.39, 0.29) is 24.5 Å². The lowest BCUT2D eigenvalue weighted by atomic mass is 10.2. The third kappa shape index (κ3) is 3.98. The number of fused-ring (bicyclic) bond motifs is 1. The fraction of sp³-hybridized carbons (Fsp3) is 0.429. The number of ether oxygens (including phenoxy) is 2. The molecule has 1 aromatic carbocycles. The lowest BCUT2D eigenvalue weighted by Gasteiger charge is -2.18. The molecule has 1 aliphatic heterocycles. The summed E-state index contributed by atoms with van der Waals surface area (Å²) in [5.74, 6) is 1.35. The first kappa shape index (κ1) is 13.4. The zero-order valence-corrected chi connectivity index (χ0v) is 10.9. The zero-order valence-electron chi connectivity index (χ0n) is 10.9. The molecule has 1 amide bonds. The molecule has 5 heteroatoms. The molecule has 0 unspecified atom stereocenters. The Hall–Kier alpha value is -2.04. The van der Waals surface area contributed by atoms with Crippen LogP contribution in [0.4, 0.5) is 0 Å². The van der Waals surface area contributed by atoms with Crippen molar-refractivity contribution in [1.29, 1.82) is 0 Å². The maximum Gasteiger partial charge on any atom is 0.220 e. The molecule has 0 bridgehead atoms. The van der Waals surface area contributed by atoms with Crippen LogP contribution in [0.2, 0.25) is 0 Å². The fourth-order valence-electron chi connectivity index (χ4n) is 1.78. The Balaban J connectivity index is 1.86. The summed E-state index contributed by atoms with van der Waals surface area (Å²) in [5, 5.41) is 2.77. The molecule has 0 saturated carbocycles. The predicted molar refractivity (Wildman–Crippen MR) is 69.2 cm³/mol. The van der Waals surface area contributed by atoms with Crippen LogP contribution in [0.25, 0.3) is 0 Å². The Morgan fingerprint density at radius 2 is 1.89 bits per heavy atom. The van der Waals surface area contributed by atoms with Crippen molar-refractivity contribution in [2.45, 2.75) is 26.3 Å². The van der Waals surface area contributed by atoms with E-state index in [2.05, 4.69) is 5.32 Å². The summed E-state index contributed by atoms with van der Waals surface area (Å²) >= 11 is 0. The van der Waals surface area contributed by atoms with Crippen molar-refractivity contribution in [1.82, 2.24) is 5.32 Å². The number of ketones is 1. The van der Waals surface area contributed by atoms with Gasteiger partial charge in [0.2, 0.25) is 5.91 Å². The van der Waals surface area contributed by atoms with Crippen molar-refractivity contribution in [2.75, 3.05) is 13.2 Å². The molecule has 0 aliphatic carbocycles. The Labute approximate surface area is 111 Å². The first-order chi connectivity index (χ1) is 9.15. The summed E-state index contributed by atoms with van der Waals surface area (Å²) in [6.07, 6.45) is 0.521. The van der Waals surface area contributed by atoms with E-state index in [0.29, 0.717) is 25.5 Å². The number of benzene rings is 1. The van der Waals surface area contributed by atoms with Crippen LogP contribution >= 0.6 is 0 Å². The molecule has 1 aliphatic rings. The van der Waals surface area contributed by atoms with Crippen molar-refractivity contribution in [3.8, 4) is 11.5 Å². The highest BCUT2D eigenvalue weighted by molar-refractivity contribution is 5.83. The molecule has 0 atom stereocenters. The fourth-order valence-corrected chi connectivity index (χ4v) is 1.78. The van der Waals surface area contributed by atoms with Crippen LogP contribution in [0.15, 0.2) is 18.2 Å². The van der Waals surface area contributed by atoms with Gasteiger partial charge in [0.05, 0.1) is 0 Å². The third-order valence-electron chi connectivity index (χ3n) is 2.80. The second-order valence-corrected chi connectivity index (χ2v) is 4.46. The van der Waals surface area contributed by atoms with Crippen LogP contribution in [-0.2, 0) is 16.1 Å². The molecule has 5 nitrogen and oxygen atoms in total. The maximum absolute atomic E-state index is 11.5. The van der Waals surface area contributed by atoms with E-state index in [1.165, 1.54) is 6.92 Å². The molecule has 0 aromatic heterocycles. The van der Waals surface area contributed by atoms with Crippen LogP contribution in [-0.4, -0.2) is 24.9 Å². The minimum absolute atomic E-state index is 0.0227. The van der Waals surface area contributed by atoms with E-state index in [1.54, 1.807) is 0 Å². The molecular formula is C14H17NO4. The van der Waals surface area contributed by atoms with Gasteiger partial charge < -0.3 is 19.6 Å². The quantitative estimate of drug-likeness (QED) is 0.873. The van der Waals surface area contributed by atoms with Gasteiger partial charge in [0, 0.05) is 19.4 Å². The number of rotatable bonds is 5. The Morgan fingerprint density at radius 1 is 1.16 bits per heavy atom. The van der Waals surface area contributed by atoms with E-state index in [9.17, 15) is 9.59 Å². The number of hydrogen-bond acceptors (Lipinski definition) is 4. The number of Topliss-reactive ketones (excluding diaryl/α,β-unsaturated/α-hetero) is 1. The topological polar surface area (TPSA) is 64.6 Å². The Kier molecular flexibility index (Phi) is 4.39. The number of hydrogen-bond donors (Lipinski definition) is 1. The number of carbonyl (C=O) groups excluding carboxylic acids is 2. The average molecular weight is 263 g/mol. The van der Waals surface area contributed by atoms with Crippen molar-refractivity contribution < 1.29 is 19.1 Å². The van der Waals surface area contributed by atoms with E-state index in [1.807, 2.05) is 18.2 Å². The van der Waals surface area contributed by atoms with Gasteiger partial charge in [0.15, 0.2) is 11.5 Å². The first-order valence-corrected chi connectivity index (χ1v) is 6.30. The summed E-state index contributed by atoms with van der Waals surface area (Å²) in [7, 11) is 0. The van der Waals surface area contributed by atoms with Crippen molar-refractivity contribution in [2.24, 2.45) is 0 Å². The summed E-state index contributed by atoms with van der Waals surface area (Å²) in [4.78, 5) is 22.3. The van der Waals surface area contributed by atoms with Gasteiger partial charge in [0.25, 0.3) is 0 Å². The largest absolute Gasteiger partial charge is 0.486 e. The molecule has 102 valence electrons.